The van der Waals surface area contributed by atoms with E-state index in [1.807, 2.05) is 0 Å². The standard InChI is InChI=1S/C13H12F2N2O2/c1-19-5-4-17-7-10(6-16-17)11-3-2-9(8-18)12(14)13(11)15/h2-3,6-8H,4-5H2,1H3. The van der Waals surface area contributed by atoms with Gasteiger partial charge in [-0.25, -0.2) is 8.78 Å². The third-order valence-electron chi connectivity index (χ3n) is 2.71. The predicted octanol–water partition coefficient (Wildman–Crippen LogP) is 2.29. The summed E-state index contributed by atoms with van der Waals surface area (Å²) in [6.07, 6.45) is 3.32. The monoisotopic (exact) mass is 266 g/mol. The maximum Gasteiger partial charge on any atom is 0.169 e. The van der Waals surface area contributed by atoms with Crippen LogP contribution >= 0.6 is 0 Å². The van der Waals surface area contributed by atoms with Gasteiger partial charge < -0.3 is 4.74 Å². The van der Waals surface area contributed by atoms with Gasteiger partial charge in [-0.15, -0.1) is 0 Å². The fourth-order valence-electron chi connectivity index (χ4n) is 1.69. The molecule has 2 rings (SSSR count). The summed E-state index contributed by atoms with van der Waals surface area (Å²) in [7, 11) is 1.57. The van der Waals surface area contributed by atoms with Crippen molar-refractivity contribution < 1.29 is 18.3 Å². The number of hydrogen-bond donors (Lipinski definition) is 0. The van der Waals surface area contributed by atoms with E-state index in [2.05, 4.69) is 5.10 Å². The lowest BCUT2D eigenvalue weighted by molar-refractivity contribution is 0.111. The number of carbonyl (C=O) groups excluding carboxylic acids is 1. The average molecular weight is 266 g/mol. The summed E-state index contributed by atoms with van der Waals surface area (Å²) in [5, 5.41) is 4.02. The Morgan fingerprint density at radius 3 is 2.84 bits per heavy atom. The number of benzene rings is 1. The molecule has 1 aromatic carbocycles. The fraction of sp³-hybridized carbons (Fsp3) is 0.231. The number of nitrogens with zero attached hydrogens (tertiary/aromatic N) is 2. The first kappa shape index (κ1) is 13.4. The predicted molar refractivity (Wildman–Crippen MR) is 64.8 cm³/mol. The van der Waals surface area contributed by atoms with Gasteiger partial charge >= 0.3 is 0 Å². The molecule has 2 aromatic rings. The highest BCUT2D eigenvalue weighted by Gasteiger charge is 2.15. The van der Waals surface area contributed by atoms with Crippen LogP contribution in [0.2, 0.25) is 0 Å². The summed E-state index contributed by atoms with van der Waals surface area (Å²) in [6.45, 7) is 0.995. The molecule has 0 spiro atoms. The summed E-state index contributed by atoms with van der Waals surface area (Å²) < 4.78 is 33.8. The van der Waals surface area contributed by atoms with E-state index in [4.69, 9.17) is 4.74 Å². The summed E-state index contributed by atoms with van der Waals surface area (Å²) >= 11 is 0. The van der Waals surface area contributed by atoms with Gasteiger partial charge in [-0.3, -0.25) is 9.48 Å². The molecule has 0 atom stereocenters. The average Bonchev–Trinajstić information content (AvgIpc) is 2.88. The number of halogens is 2. The highest BCUT2D eigenvalue weighted by atomic mass is 19.2. The van der Waals surface area contributed by atoms with Crippen LogP contribution in [0.25, 0.3) is 11.1 Å². The van der Waals surface area contributed by atoms with Crippen molar-refractivity contribution in [2.45, 2.75) is 6.54 Å². The van der Waals surface area contributed by atoms with Gasteiger partial charge in [0.2, 0.25) is 0 Å². The third kappa shape index (κ3) is 2.68. The van der Waals surface area contributed by atoms with E-state index in [1.54, 1.807) is 18.0 Å². The molecule has 100 valence electrons. The van der Waals surface area contributed by atoms with E-state index in [9.17, 15) is 13.6 Å². The Morgan fingerprint density at radius 2 is 2.16 bits per heavy atom. The van der Waals surface area contributed by atoms with Crippen LogP contribution in [0.15, 0.2) is 24.5 Å². The van der Waals surface area contributed by atoms with E-state index in [1.165, 1.54) is 18.3 Å². The van der Waals surface area contributed by atoms with E-state index >= 15 is 0 Å². The molecule has 0 aliphatic heterocycles. The highest BCUT2D eigenvalue weighted by Crippen LogP contribution is 2.25. The molecule has 0 amide bonds. The van der Waals surface area contributed by atoms with E-state index in [-0.39, 0.29) is 17.4 Å². The number of hydrogen-bond acceptors (Lipinski definition) is 3. The summed E-state index contributed by atoms with van der Waals surface area (Å²) in [5.41, 5.74) is 0.227. The minimum atomic E-state index is -1.14. The van der Waals surface area contributed by atoms with Crippen LogP contribution in [-0.2, 0) is 11.3 Å². The van der Waals surface area contributed by atoms with Crippen molar-refractivity contribution in [2.24, 2.45) is 0 Å². The normalized spacial score (nSPS) is 10.7. The number of carbonyl (C=O) groups is 1. The Labute approximate surface area is 108 Å². The Balaban J connectivity index is 2.34. The smallest absolute Gasteiger partial charge is 0.169 e. The SMILES string of the molecule is COCCn1cc(-c2ccc(C=O)c(F)c2F)cn1. The van der Waals surface area contributed by atoms with Crippen LogP contribution in [-0.4, -0.2) is 29.8 Å². The third-order valence-corrected chi connectivity index (χ3v) is 2.71. The molecular weight excluding hydrogens is 254 g/mol. The zero-order valence-electron chi connectivity index (χ0n) is 10.3. The quantitative estimate of drug-likeness (QED) is 0.780. The zero-order valence-corrected chi connectivity index (χ0v) is 10.3. The van der Waals surface area contributed by atoms with E-state index < -0.39 is 11.6 Å². The second-order valence-electron chi connectivity index (χ2n) is 3.93. The Kier molecular flexibility index (Phi) is 4.01. The molecule has 0 saturated carbocycles. The van der Waals surface area contributed by atoms with Crippen LogP contribution in [0, 0.1) is 11.6 Å². The largest absolute Gasteiger partial charge is 0.383 e. The van der Waals surface area contributed by atoms with Gasteiger partial charge in [0.1, 0.15) is 0 Å². The van der Waals surface area contributed by atoms with Gasteiger partial charge in [-0.2, -0.15) is 5.10 Å². The number of aldehydes is 1. The van der Waals surface area contributed by atoms with E-state index in [0.717, 1.165) is 0 Å². The van der Waals surface area contributed by atoms with E-state index in [0.29, 0.717) is 18.7 Å². The molecule has 0 N–H and O–H groups in total. The van der Waals surface area contributed by atoms with Gasteiger partial charge in [-0.05, 0) is 6.07 Å². The van der Waals surface area contributed by atoms with Gasteiger partial charge in [0, 0.05) is 24.4 Å². The van der Waals surface area contributed by atoms with Crippen LogP contribution in [0.1, 0.15) is 10.4 Å². The molecule has 4 nitrogen and oxygen atoms in total. The van der Waals surface area contributed by atoms with Crippen LogP contribution < -0.4 is 0 Å². The summed E-state index contributed by atoms with van der Waals surface area (Å²) in [6, 6.07) is 2.60. The lowest BCUT2D eigenvalue weighted by Gasteiger charge is -2.03. The number of rotatable bonds is 5. The maximum atomic E-state index is 13.8. The molecule has 0 saturated heterocycles. The van der Waals surface area contributed by atoms with Crippen LogP contribution in [0.4, 0.5) is 8.78 Å². The lowest BCUT2D eigenvalue weighted by atomic mass is 10.1. The van der Waals surface area contributed by atoms with Crippen molar-refractivity contribution >= 4 is 6.29 Å². The first-order valence-electron chi connectivity index (χ1n) is 5.62. The van der Waals surface area contributed by atoms with Crippen LogP contribution in [0.5, 0.6) is 0 Å². The molecule has 19 heavy (non-hydrogen) atoms. The van der Waals surface area contributed by atoms with Gasteiger partial charge in [0.05, 0.1) is 24.9 Å². The van der Waals surface area contributed by atoms with Crippen molar-refractivity contribution in [3.05, 3.63) is 41.7 Å². The van der Waals surface area contributed by atoms with Gasteiger partial charge in [0.25, 0.3) is 0 Å². The molecule has 0 fully saturated rings. The van der Waals surface area contributed by atoms with Crippen molar-refractivity contribution in [2.75, 3.05) is 13.7 Å². The first-order valence-corrected chi connectivity index (χ1v) is 5.62. The number of aromatic nitrogens is 2. The zero-order chi connectivity index (χ0) is 13.8. The molecule has 1 aromatic heterocycles. The maximum absolute atomic E-state index is 13.8. The highest BCUT2D eigenvalue weighted by molar-refractivity contribution is 5.77. The second-order valence-corrected chi connectivity index (χ2v) is 3.93. The van der Waals surface area contributed by atoms with Crippen molar-refractivity contribution in [1.29, 1.82) is 0 Å². The molecule has 0 aliphatic carbocycles. The molecule has 0 aliphatic rings. The van der Waals surface area contributed by atoms with Crippen molar-refractivity contribution in [1.82, 2.24) is 9.78 Å². The lowest BCUT2D eigenvalue weighted by Crippen LogP contribution is -2.03. The topological polar surface area (TPSA) is 44.1 Å². The molecule has 0 unspecified atom stereocenters. The fourth-order valence-corrected chi connectivity index (χ4v) is 1.69. The minimum absolute atomic E-state index is 0.0757. The molecule has 0 bridgehead atoms. The van der Waals surface area contributed by atoms with Crippen molar-refractivity contribution in [3.8, 4) is 11.1 Å². The molecule has 1 heterocycles. The first-order chi connectivity index (χ1) is 9.17. The Bertz CT molecular complexity index is 596. The molecule has 6 heteroatoms. The minimum Gasteiger partial charge on any atom is -0.383 e. The van der Waals surface area contributed by atoms with Crippen molar-refractivity contribution in [3.63, 3.8) is 0 Å². The Hall–Kier alpha value is -2.08. The second kappa shape index (κ2) is 5.71. The molecule has 0 radical (unpaired) electrons. The summed E-state index contributed by atoms with van der Waals surface area (Å²) in [5.74, 6) is -2.19. The Morgan fingerprint density at radius 1 is 1.37 bits per heavy atom. The number of ether oxygens (including phenoxy) is 1. The molecular formula is C13H12F2N2O2. The number of methoxy groups -OCH3 is 1. The summed E-state index contributed by atoms with van der Waals surface area (Å²) in [4.78, 5) is 10.5. The van der Waals surface area contributed by atoms with Gasteiger partial charge in [0.15, 0.2) is 17.9 Å². The van der Waals surface area contributed by atoms with Gasteiger partial charge in [-0.1, -0.05) is 6.07 Å². The van der Waals surface area contributed by atoms with Crippen LogP contribution in [0.3, 0.4) is 0 Å².